The van der Waals surface area contributed by atoms with Crippen molar-refractivity contribution in [1.29, 1.82) is 0 Å². The van der Waals surface area contributed by atoms with Crippen LogP contribution in [0.15, 0.2) is 59.8 Å². The normalized spacial score (nSPS) is 20.0. The van der Waals surface area contributed by atoms with Gasteiger partial charge in [0, 0.05) is 22.7 Å². The van der Waals surface area contributed by atoms with E-state index in [1.807, 2.05) is 0 Å². The van der Waals surface area contributed by atoms with Gasteiger partial charge in [-0.2, -0.15) is 5.10 Å². The Kier molecular flexibility index (Phi) is 5.25. The highest BCUT2D eigenvalue weighted by Gasteiger charge is 2.31. The van der Waals surface area contributed by atoms with Crippen LogP contribution >= 0.6 is 11.6 Å². The third kappa shape index (κ3) is 4.56. The van der Waals surface area contributed by atoms with Gasteiger partial charge in [-0.15, -0.1) is 13.2 Å². The molecule has 1 aromatic heterocycles. The lowest BCUT2D eigenvalue weighted by Crippen LogP contribution is -2.16. The zero-order valence-electron chi connectivity index (χ0n) is 15.2. The van der Waals surface area contributed by atoms with Gasteiger partial charge in [0.25, 0.3) is 0 Å². The van der Waals surface area contributed by atoms with Crippen molar-refractivity contribution in [2.24, 2.45) is 0 Å². The average molecular weight is 425 g/mol. The highest BCUT2D eigenvalue weighted by atomic mass is 35.5. The minimum atomic E-state index is -4.73. The zero-order chi connectivity index (χ0) is 20.6. The first-order valence-corrected chi connectivity index (χ1v) is 9.54. The van der Waals surface area contributed by atoms with Crippen molar-refractivity contribution in [3.63, 3.8) is 0 Å². The molecule has 2 aliphatic rings. The molecule has 1 fully saturated rings. The molecule has 4 rings (SSSR count). The number of alkyl halides is 4. The predicted molar refractivity (Wildman–Crippen MR) is 103 cm³/mol. The topological polar surface area (TPSA) is 27.1 Å². The van der Waals surface area contributed by atoms with E-state index in [9.17, 15) is 17.6 Å². The number of aromatic nitrogens is 2. The van der Waals surface area contributed by atoms with Gasteiger partial charge in [-0.05, 0) is 54.8 Å². The predicted octanol–water partition coefficient (Wildman–Crippen LogP) is 6.59. The van der Waals surface area contributed by atoms with Gasteiger partial charge >= 0.3 is 6.36 Å². The van der Waals surface area contributed by atoms with Gasteiger partial charge in [0.15, 0.2) is 0 Å². The molecular weight excluding hydrogens is 408 g/mol. The Balaban J connectivity index is 1.70. The molecule has 1 unspecified atom stereocenters. The van der Waals surface area contributed by atoms with Gasteiger partial charge in [0.05, 0.1) is 11.4 Å². The van der Waals surface area contributed by atoms with E-state index >= 15 is 0 Å². The van der Waals surface area contributed by atoms with Crippen LogP contribution in [0.3, 0.4) is 0 Å². The van der Waals surface area contributed by atoms with Crippen molar-refractivity contribution in [2.75, 3.05) is 0 Å². The number of hydrogen-bond donors (Lipinski definition) is 0. The summed E-state index contributed by atoms with van der Waals surface area (Å²) in [5.74, 6) is 0.00630. The molecule has 2 aliphatic carbocycles. The fourth-order valence-electron chi connectivity index (χ4n) is 3.34. The third-order valence-electron chi connectivity index (χ3n) is 4.95. The second-order valence-electron chi connectivity index (χ2n) is 7.00. The van der Waals surface area contributed by atoms with E-state index < -0.39 is 12.5 Å². The monoisotopic (exact) mass is 424 g/mol. The lowest BCUT2D eigenvalue weighted by molar-refractivity contribution is -0.274. The van der Waals surface area contributed by atoms with Crippen LogP contribution in [0.2, 0.25) is 0 Å². The van der Waals surface area contributed by atoms with E-state index in [4.69, 9.17) is 16.7 Å². The smallest absolute Gasteiger partial charge is 0.406 e. The summed E-state index contributed by atoms with van der Waals surface area (Å²) in [6, 6.07) is 5.71. The molecule has 3 nitrogen and oxygen atoms in total. The molecule has 0 bridgehead atoms. The third-order valence-corrected chi connectivity index (χ3v) is 5.19. The average Bonchev–Trinajstić information content (AvgIpc) is 2.92. The summed E-state index contributed by atoms with van der Waals surface area (Å²) < 4.78 is 56.5. The number of halogens is 5. The van der Waals surface area contributed by atoms with Gasteiger partial charge in [-0.1, -0.05) is 30.2 Å². The highest BCUT2D eigenvalue weighted by Crippen LogP contribution is 2.41. The van der Waals surface area contributed by atoms with E-state index in [0.717, 1.165) is 36.1 Å². The van der Waals surface area contributed by atoms with Crippen LogP contribution < -0.4 is 4.74 Å². The molecule has 0 amide bonds. The largest absolute Gasteiger partial charge is 0.573 e. The number of allylic oxidation sites excluding steroid dienone is 6. The molecular formula is C21H17ClF4N2O. The van der Waals surface area contributed by atoms with Gasteiger partial charge in [-0.3, -0.25) is 0 Å². The quantitative estimate of drug-likeness (QED) is 0.518. The van der Waals surface area contributed by atoms with Gasteiger partial charge < -0.3 is 4.74 Å². The Morgan fingerprint density at radius 2 is 1.86 bits per heavy atom. The second-order valence-corrected chi connectivity index (χ2v) is 7.43. The molecule has 1 aromatic carbocycles. The Hall–Kier alpha value is -2.54. The summed E-state index contributed by atoms with van der Waals surface area (Å²) in [5.41, 5.74) is 3.03. The van der Waals surface area contributed by atoms with Crippen molar-refractivity contribution in [1.82, 2.24) is 9.78 Å². The molecule has 1 atom stereocenters. The van der Waals surface area contributed by atoms with E-state index in [0.29, 0.717) is 5.70 Å². The lowest BCUT2D eigenvalue weighted by Gasteiger charge is -2.24. The van der Waals surface area contributed by atoms with Crippen molar-refractivity contribution in [3.05, 3.63) is 65.5 Å². The molecule has 8 heteroatoms. The van der Waals surface area contributed by atoms with Crippen LogP contribution in [0.25, 0.3) is 16.8 Å². The Morgan fingerprint density at radius 1 is 1.14 bits per heavy atom. The van der Waals surface area contributed by atoms with E-state index in [1.165, 1.54) is 24.3 Å². The van der Waals surface area contributed by atoms with Crippen LogP contribution in [-0.2, 0) is 0 Å². The summed E-state index contributed by atoms with van der Waals surface area (Å²) in [7, 11) is 0. The second kappa shape index (κ2) is 7.71. The Labute approximate surface area is 169 Å². The number of nitrogens with zero attached hydrogens (tertiary/aromatic N) is 2. The van der Waals surface area contributed by atoms with Crippen molar-refractivity contribution >= 4 is 17.3 Å². The van der Waals surface area contributed by atoms with Crippen LogP contribution in [0.4, 0.5) is 17.6 Å². The SMILES string of the molecule is FC1C=CC(n2cc(-c3ccc(OC(F)(F)F)cc3)c(C3CCC3)n2)=CC(Cl)=C1. The Morgan fingerprint density at radius 3 is 2.48 bits per heavy atom. The zero-order valence-corrected chi connectivity index (χ0v) is 15.9. The van der Waals surface area contributed by atoms with Crippen LogP contribution in [0.5, 0.6) is 5.75 Å². The first-order valence-electron chi connectivity index (χ1n) is 9.16. The minimum absolute atomic E-state index is 0.272. The fourth-order valence-corrected chi connectivity index (χ4v) is 3.57. The summed E-state index contributed by atoms with van der Waals surface area (Å²) in [6.45, 7) is 0. The first kappa shape index (κ1) is 19.8. The maximum atomic E-state index is 13.7. The summed E-state index contributed by atoms with van der Waals surface area (Å²) in [5, 5.41) is 4.96. The van der Waals surface area contributed by atoms with Crippen LogP contribution in [0, 0.1) is 0 Å². The maximum Gasteiger partial charge on any atom is 0.573 e. The molecule has 0 saturated heterocycles. The van der Waals surface area contributed by atoms with Gasteiger partial charge in [-0.25, -0.2) is 9.07 Å². The number of ether oxygens (including phenoxy) is 1. The number of rotatable bonds is 4. The fraction of sp³-hybridized carbons (Fsp3) is 0.286. The lowest BCUT2D eigenvalue weighted by atomic mass is 9.81. The molecule has 0 N–H and O–H groups in total. The molecule has 0 aliphatic heterocycles. The molecule has 152 valence electrons. The van der Waals surface area contributed by atoms with E-state index in [2.05, 4.69) is 4.74 Å². The molecule has 29 heavy (non-hydrogen) atoms. The summed E-state index contributed by atoms with van der Waals surface area (Å²) in [4.78, 5) is 0. The van der Waals surface area contributed by atoms with Crippen LogP contribution in [-0.4, -0.2) is 22.3 Å². The number of hydrogen-bond acceptors (Lipinski definition) is 2. The molecule has 1 heterocycles. The van der Waals surface area contributed by atoms with Gasteiger partial charge in [0.1, 0.15) is 11.9 Å². The maximum absolute atomic E-state index is 13.7. The van der Waals surface area contributed by atoms with E-state index in [-0.39, 0.29) is 16.7 Å². The summed E-state index contributed by atoms with van der Waals surface area (Å²) in [6.07, 6.45) is 4.81. The standard InChI is InChI=1S/C21H17ClF4N2O/c22-15-10-16(23)6-7-17(11-15)28-12-19(20(27-28)14-2-1-3-14)13-4-8-18(9-5-13)29-21(24,25)26/h4-12,14,16H,1-3H2. The van der Waals surface area contributed by atoms with Crippen molar-refractivity contribution in [3.8, 4) is 16.9 Å². The van der Waals surface area contributed by atoms with Gasteiger partial charge in [0.2, 0.25) is 0 Å². The first-order chi connectivity index (χ1) is 13.8. The minimum Gasteiger partial charge on any atom is -0.406 e. The summed E-state index contributed by atoms with van der Waals surface area (Å²) >= 11 is 6.05. The molecule has 0 spiro atoms. The number of benzene rings is 1. The Bertz CT molecular complexity index is 985. The van der Waals surface area contributed by atoms with E-state index in [1.54, 1.807) is 35.2 Å². The van der Waals surface area contributed by atoms with Crippen LogP contribution in [0.1, 0.15) is 30.9 Å². The molecule has 2 aromatic rings. The molecule has 0 radical (unpaired) electrons. The van der Waals surface area contributed by atoms with Crippen molar-refractivity contribution < 1.29 is 22.3 Å². The molecule has 1 saturated carbocycles. The van der Waals surface area contributed by atoms with Crippen molar-refractivity contribution in [2.45, 2.75) is 37.7 Å². The highest BCUT2D eigenvalue weighted by molar-refractivity contribution is 6.31.